The molecule has 12 aromatic carbocycles. The van der Waals surface area contributed by atoms with Gasteiger partial charge in [0.15, 0.2) is 0 Å². The van der Waals surface area contributed by atoms with Crippen LogP contribution in [0.2, 0.25) is 0 Å². The molecule has 87 heavy (non-hydrogen) atoms. The Morgan fingerprint density at radius 1 is 0.253 bits per heavy atom. The first-order valence-electron chi connectivity index (χ1n) is 32.0. The number of anilines is 3. The van der Waals surface area contributed by atoms with Crippen LogP contribution >= 0.6 is 0 Å². The van der Waals surface area contributed by atoms with E-state index in [1.807, 2.05) is 0 Å². The number of nitrogens with zero attached hydrogens (tertiary/aromatic N) is 1. The van der Waals surface area contributed by atoms with Gasteiger partial charge in [-0.2, -0.15) is 0 Å². The number of hydrogen-bond donors (Lipinski definition) is 0. The smallest absolute Gasteiger partial charge is 0.0467 e. The van der Waals surface area contributed by atoms with Crippen LogP contribution in [0.5, 0.6) is 0 Å². The van der Waals surface area contributed by atoms with Crippen LogP contribution in [0.4, 0.5) is 17.1 Å². The zero-order valence-electron chi connectivity index (χ0n) is 49.0. The van der Waals surface area contributed by atoms with Crippen LogP contribution in [0, 0.1) is 5.92 Å². The van der Waals surface area contributed by atoms with E-state index in [2.05, 4.69) is 302 Å². The van der Waals surface area contributed by atoms with Gasteiger partial charge in [-0.3, -0.25) is 0 Å². The van der Waals surface area contributed by atoms with E-state index in [1.54, 1.807) is 33.4 Å². The molecule has 6 bridgehead atoms. The zero-order chi connectivity index (χ0) is 57.3. The van der Waals surface area contributed by atoms with E-state index in [1.165, 1.54) is 110 Å². The number of hydrogen-bond acceptors (Lipinski definition) is 1. The Morgan fingerprint density at radius 2 is 0.632 bits per heavy atom. The van der Waals surface area contributed by atoms with Crippen molar-refractivity contribution in [3.8, 4) is 77.9 Å². The zero-order valence-corrected chi connectivity index (χ0v) is 49.0. The maximum Gasteiger partial charge on any atom is 0.0467 e. The van der Waals surface area contributed by atoms with Gasteiger partial charge in [0.2, 0.25) is 0 Å². The summed E-state index contributed by atoms with van der Waals surface area (Å²) in [5, 5.41) is 0. The molecule has 416 valence electrons. The molecule has 0 saturated heterocycles. The van der Waals surface area contributed by atoms with Gasteiger partial charge in [0.25, 0.3) is 0 Å². The lowest BCUT2D eigenvalue weighted by Gasteiger charge is -2.67. The van der Waals surface area contributed by atoms with Gasteiger partial charge < -0.3 is 4.90 Å². The summed E-state index contributed by atoms with van der Waals surface area (Å²) in [5.41, 5.74) is 31.2. The molecule has 0 aromatic heterocycles. The number of benzene rings is 12. The average molecular weight is 1110 g/mol. The Bertz CT molecular complexity index is 4570. The van der Waals surface area contributed by atoms with Gasteiger partial charge in [-0.15, -0.1) is 0 Å². The summed E-state index contributed by atoms with van der Waals surface area (Å²) >= 11 is 0. The Hall–Kier alpha value is -9.56. The largest absolute Gasteiger partial charge is 0.310 e. The van der Waals surface area contributed by atoms with Crippen LogP contribution in [0.25, 0.3) is 77.9 Å². The maximum atomic E-state index is 2.65. The van der Waals surface area contributed by atoms with Crippen LogP contribution in [0.15, 0.2) is 297 Å². The Labute approximate surface area is 512 Å². The minimum atomic E-state index is -0.138. The van der Waals surface area contributed by atoms with Crippen molar-refractivity contribution in [2.45, 2.75) is 78.9 Å². The Kier molecular flexibility index (Phi) is 11.5. The molecule has 1 nitrogen and oxygen atoms in total. The quantitative estimate of drug-likeness (QED) is 0.154. The molecule has 3 spiro atoms. The topological polar surface area (TPSA) is 3.24 Å². The molecule has 12 aromatic rings. The lowest BCUT2D eigenvalue weighted by atomic mass is 9.36. The minimum Gasteiger partial charge on any atom is -0.310 e. The summed E-state index contributed by atoms with van der Waals surface area (Å²) < 4.78 is 0. The van der Waals surface area contributed by atoms with Crippen molar-refractivity contribution in [1.82, 2.24) is 0 Å². The monoisotopic (exact) mass is 1110 g/mol. The molecule has 6 aliphatic rings. The summed E-state index contributed by atoms with van der Waals surface area (Å²) in [4.78, 5) is 2.41. The first kappa shape index (κ1) is 50.7. The molecular weight excluding hydrogens is 1050 g/mol. The minimum absolute atomic E-state index is 0.0614. The van der Waals surface area contributed by atoms with Crippen LogP contribution < -0.4 is 4.90 Å². The van der Waals surface area contributed by atoms with E-state index in [4.69, 9.17) is 0 Å². The van der Waals surface area contributed by atoms with Crippen LogP contribution in [0.1, 0.15) is 96.1 Å². The lowest BCUT2D eigenvalue weighted by Crippen LogP contribution is -2.64. The van der Waals surface area contributed by atoms with Crippen molar-refractivity contribution >= 4 is 17.1 Å². The van der Waals surface area contributed by atoms with Crippen LogP contribution in [-0.4, -0.2) is 0 Å². The molecule has 3 fully saturated rings. The molecule has 1 heteroatoms. The summed E-state index contributed by atoms with van der Waals surface area (Å²) in [6.45, 7) is 0. The van der Waals surface area contributed by atoms with Crippen molar-refractivity contribution in [3.63, 3.8) is 0 Å². The molecule has 3 saturated carbocycles. The maximum absolute atomic E-state index is 2.65. The van der Waals surface area contributed by atoms with E-state index in [0.717, 1.165) is 29.9 Å². The third-order valence-corrected chi connectivity index (χ3v) is 22.3. The Morgan fingerprint density at radius 3 is 1.22 bits per heavy atom. The highest BCUT2D eigenvalue weighted by Gasteiger charge is 2.71. The third-order valence-electron chi connectivity index (χ3n) is 22.3. The number of rotatable bonds is 7. The van der Waals surface area contributed by atoms with Gasteiger partial charge in [-0.25, -0.2) is 0 Å². The highest BCUT2D eigenvalue weighted by Crippen LogP contribution is 2.78. The van der Waals surface area contributed by atoms with Crippen molar-refractivity contribution in [2.24, 2.45) is 5.92 Å². The standard InChI is InChI=1S/C86H67N/c1-3-20-57(21-4-1)62-24-17-26-68(50-62)87(69-27-18-25-63(51-69)58-22-5-2-6-23-58)67-46-44-60(45-47-67)59-40-42-61(43-41-59)73-36-19-39-81-82(73)78-35-12-9-30-72(78)66-54-85-52-64(70-28-7-10-31-74(70)77-34-14-16-38-80(77)85)48-49-84-53-65(55-86(81,56-66)83(84)85)71-29-8-11-32-75(71)76-33-13-15-37-79(76)84/h1-47,50-51,64-66,83H,48-49,52-56H2. The molecule has 0 aliphatic heterocycles. The van der Waals surface area contributed by atoms with E-state index < -0.39 is 0 Å². The average Bonchev–Trinajstić information content (AvgIpc) is 1.61. The molecule has 0 N–H and O–H groups in total. The SMILES string of the molecule is c1ccc(-c2cccc(N(c3ccc(-c4ccc(-c5cccc6c5-c5ccccc5C5CC78CC(CCC9%10CC(CC6(C5)C97)c5ccccc5-c5ccccc5%10)c5ccccc5-c5ccccc58)cc4)cc3)c3cccc(-c4ccccc4)c3)c2)cc1. The second-order valence-electron chi connectivity index (χ2n) is 26.4. The van der Waals surface area contributed by atoms with Crippen molar-refractivity contribution in [2.75, 3.05) is 4.90 Å². The predicted molar refractivity (Wildman–Crippen MR) is 361 cm³/mol. The van der Waals surface area contributed by atoms with Gasteiger partial charge in [-0.1, -0.05) is 261 Å². The fraction of sp³-hybridized carbons (Fsp3) is 0.163. The van der Waals surface area contributed by atoms with Gasteiger partial charge in [0, 0.05) is 33.3 Å². The van der Waals surface area contributed by atoms with E-state index >= 15 is 0 Å². The molecule has 0 heterocycles. The first-order valence-corrected chi connectivity index (χ1v) is 32.0. The van der Waals surface area contributed by atoms with E-state index in [9.17, 15) is 0 Å². The molecule has 6 aliphatic carbocycles. The van der Waals surface area contributed by atoms with Gasteiger partial charge in [0.05, 0.1) is 0 Å². The molecule has 7 atom stereocenters. The summed E-state index contributed by atoms with van der Waals surface area (Å²) in [6, 6.07) is 114. The third kappa shape index (κ3) is 7.71. The summed E-state index contributed by atoms with van der Waals surface area (Å²) in [5.74, 6) is 1.63. The molecule has 0 radical (unpaired) electrons. The van der Waals surface area contributed by atoms with Gasteiger partial charge in [-0.05, 0) is 216 Å². The van der Waals surface area contributed by atoms with Gasteiger partial charge in [0.1, 0.15) is 0 Å². The predicted octanol–water partition coefficient (Wildman–Crippen LogP) is 22.6. The second kappa shape index (κ2) is 19.7. The van der Waals surface area contributed by atoms with Crippen LogP contribution in [-0.2, 0) is 16.2 Å². The Balaban J connectivity index is 0.791. The summed E-state index contributed by atoms with van der Waals surface area (Å²) in [6.07, 6.45) is 8.25. The fourth-order valence-corrected chi connectivity index (χ4v) is 19.4. The first-order chi connectivity index (χ1) is 43.0. The van der Waals surface area contributed by atoms with Crippen molar-refractivity contribution < 1.29 is 0 Å². The highest BCUT2D eigenvalue weighted by molar-refractivity contribution is 5.91. The second-order valence-corrected chi connectivity index (χ2v) is 26.4. The molecule has 7 unspecified atom stereocenters. The van der Waals surface area contributed by atoms with Gasteiger partial charge >= 0.3 is 0 Å². The van der Waals surface area contributed by atoms with Crippen molar-refractivity contribution in [1.29, 1.82) is 0 Å². The fourth-order valence-electron chi connectivity index (χ4n) is 19.4. The lowest BCUT2D eigenvalue weighted by molar-refractivity contribution is -0.0410. The highest BCUT2D eigenvalue weighted by atomic mass is 15.1. The van der Waals surface area contributed by atoms with Crippen LogP contribution in [0.3, 0.4) is 0 Å². The number of fused-ring (bicyclic) bond motifs is 15. The normalized spacial score (nSPS) is 23.0. The molecule has 0 amide bonds. The molecule has 18 rings (SSSR count). The van der Waals surface area contributed by atoms with E-state index in [0.29, 0.717) is 23.7 Å². The molecular formula is C86H67N. The summed E-state index contributed by atoms with van der Waals surface area (Å²) in [7, 11) is 0. The van der Waals surface area contributed by atoms with E-state index in [-0.39, 0.29) is 16.2 Å². The van der Waals surface area contributed by atoms with Crippen molar-refractivity contribution in [3.05, 3.63) is 331 Å².